The summed E-state index contributed by atoms with van der Waals surface area (Å²) >= 11 is 0. The smallest absolute Gasteiger partial charge is 0.362 e. The zero-order chi connectivity index (χ0) is 16.9. The first-order valence-electron chi connectivity index (χ1n) is 7.00. The van der Waals surface area contributed by atoms with E-state index >= 15 is 0 Å². The van der Waals surface area contributed by atoms with Gasteiger partial charge in [-0.15, -0.1) is 5.10 Å². The summed E-state index contributed by atoms with van der Waals surface area (Å²) in [5.74, 6) is 5.20. The van der Waals surface area contributed by atoms with E-state index in [9.17, 15) is 4.79 Å². The number of nitrogens with one attached hydrogen (secondary N) is 1. The topological polar surface area (TPSA) is 101 Å². The number of benzene rings is 1. The summed E-state index contributed by atoms with van der Waals surface area (Å²) in [6.07, 6.45) is 0. The second kappa shape index (κ2) is 6.62. The second-order valence-corrected chi connectivity index (χ2v) is 4.84. The number of aromatic amines is 1. The van der Waals surface area contributed by atoms with Gasteiger partial charge in [-0.25, -0.2) is 14.9 Å². The van der Waals surface area contributed by atoms with E-state index in [2.05, 4.69) is 32.2 Å². The lowest BCUT2D eigenvalue weighted by Crippen LogP contribution is -1.99. The zero-order valence-corrected chi connectivity index (χ0v) is 12.6. The first-order valence-corrected chi connectivity index (χ1v) is 7.00. The average Bonchev–Trinajstić information content (AvgIpc) is 3.03. The third-order valence-electron chi connectivity index (χ3n) is 3.02. The molecule has 0 aliphatic rings. The minimum atomic E-state index is -1.22. The standard InChI is InChI=1S/C17H12N4O3/c1-11-3-2-4-13(18-11)8-5-12-6-9-14(10-7-12)24-16-15(17(22)23)19-21-20-16/h2-4,6-7,9-10H,1H3,(H,22,23)(H,19,20,21). The van der Waals surface area contributed by atoms with E-state index in [0.29, 0.717) is 11.4 Å². The molecule has 0 radical (unpaired) electrons. The molecule has 0 amide bonds. The van der Waals surface area contributed by atoms with Gasteiger partial charge in [0.25, 0.3) is 5.88 Å². The maximum Gasteiger partial charge on any atom is 0.362 e. The number of hydrogen-bond acceptors (Lipinski definition) is 5. The van der Waals surface area contributed by atoms with E-state index in [4.69, 9.17) is 9.84 Å². The van der Waals surface area contributed by atoms with Gasteiger partial charge < -0.3 is 9.84 Å². The third-order valence-corrected chi connectivity index (χ3v) is 3.02. The van der Waals surface area contributed by atoms with Crippen LogP contribution in [0.4, 0.5) is 0 Å². The van der Waals surface area contributed by atoms with Crippen molar-refractivity contribution in [2.45, 2.75) is 6.92 Å². The maximum absolute atomic E-state index is 10.9. The fraction of sp³-hybridized carbons (Fsp3) is 0.0588. The Morgan fingerprint density at radius 2 is 1.96 bits per heavy atom. The van der Waals surface area contributed by atoms with Crippen molar-refractivity contribution in [1.29, 1.82) is 0 Å². The predicted octanol–water partition coefficient (Wildman–Crippen LogP) is 2.40. The average molecular weight is 320 g/mol. The molecule has 2 heterocycles. The summed E-state index contributed by atoms with van der Waals surface area (Å²) in [6.45, 7) is 1.91. The molecule has 0 atom stereocenters. The summed E-state index contributed by atoms with van der Waals surface area (Å²) in [6, 6.07) is 12.6. The summed E-state index contributed by atoms with van der Waals surface area (Å²) in [5.41, 5.74) is 2.12. The van der Waals surface area contributed by atoms with E-state index in [-0.39, 0.29) is 11.6 Å². The Morgan fingerprint density at radius 1 is 1.17 bits per heavy atom. The molecule has 0 saturated carbocycles. The zero-order valence-electron chi connectivity index (χ0n) is 12.6. The van der Waals surface area contributed by atoms with Crippen LogP contribution in [0.15, 0.2) is 42.5 Å². The molecule has 3 rings (SSSR count). The van der Waals surface area contributed by atoms with Crippen LogP contribution in [0.3, 0.4) is 0 Å². The molecule has 118 valence electrons. The SMILES string of the molecule is Cc1cccc(C#Cc2ccc(Oc3[nH]nnc3C(=O)O)cc2)n1. The monoisotopic (exact) mass is 320 g/mol. The Bertz CT molecular complexity index is 936. The number of carbonyl (C=O) groups is 1. The van der Waals surface area contributed by atoms with Gasteiger partial charge in [0.2, 0.25) is 5.69 Å². The Kier molecular flexibility index (Phi) is 4.21. The highest BCUT2D eigenvalue weighted by Crippen LogP contribution is 2.21. The van der Waals surface area contributed by atoms with Crippen LogP contribution < -0.4 is 4.74 Å². The molecular formula is C17H12N4O3. The highest BCUT2D eigenvalue weighted by molar-refractivity contribution is 5.87. The van der Waals surface area contributed by atoms with Gasteiger partial charge in [-0.3, -0.25) is 0 Å². The lowest BCUT2D eigenvalue weighted by atomic mass is 10.2. The molecule has 0 saturated heterocycles. The van der Waals surface area contributed by atoms with Crippen LogP contribution in [-0.4, -0.2) is 31.5 Å². The fourth-order valence-corrected chi connectivity index (χ4v) is 1.90. The number of carboxylic acid groups (broad SMARTS) is 1. The molecule has 0 unspecified atom stereocenters. The summed E-state index contributed by atoms with van der Waals surface area (Å²) in [7, 11) is 0. The normalized spacial score (nSPS) is 9.88. The van der Waals surface area contributed by atoms with E-state index < -0.39 is 5.97 Å². The van der Waals surface area contributed by atoms with Crippen LogP contribution in [0.2, 0.25) is 0 Å². The van der Waals surface area contributed by atoms with E-state index in [1.54, 1.807) is 24.3 Å². The van der Waals surface area contributed by atoms with Crippen LogP contribution in [0.1, 0.15) is 27.4 Å². The number of hydrogen-bond donors (Lipinski definition) is 2. The molecule has 7 heteroatoms. The number of ether oxygens (including phenoxy) is 1. The first kappa shape index (κ1) is 15.2. The van der Waals surface area contributed by atoms with Crippen molar-refractivity contribution in [3.8, 4) is 23.5 Å². The van der Waals surface area contributed by atoms with Crippen LogP contribution in [0, 0.1) is 18.8 Å². The number of nitrogens with zero attached hydrogens (tertiary/aromatic N) is 3. The number of pyridine rings is 1. The van der Waals surface area contributed by atoms with Crippen LogP contribution in [0.25, 0.3) is 0 Å². The number of aromatic carboxylic acids is 1. The van der Waals surface area contributed by atoms with Crippen LogP contribution >= 0.6 is 0 Å². The highest BCUT2D eigenvalue weighted by atomic mass is 16.5. The van der Waals surface area contributed by atoms with E-state index in [1.165, 1.54) is 0 Å². The summed E-state index contributed by atoms with van der Waals surface area (Å²) in [4.78, 5) is 15.3. The van der Waals surface area contributed by atoms with Crippen molar-refractivity contribution in [2.75, 3.05) is 0 Å². The molecule has 0 aliphatic heterocycles. The van der Waals surface area contributed by atoms with Crippen molar-refractivity contribution in [1.82, 2.24) is 20.4 Å². The van der Waals surface area contributed by atoms with Crippen LogP contribution in [0.5, 0.6) is 11.6 Å². The van der Waals surface area contributed by atoms with Gasteiger partial charge in [0.05, 0.1) is 0 Å². The van der Waals surface area contributed by atoms with Crippen LogP contribution in [-0.2, 0) is 0 Å². The van der Waals surface area contributed by atoms with Crippen molar-refractivity contribution in [3.63, 3.8) is 0 Å². The van der Waals surface area contributed by atoms with E-state index in [1.807, 2.05) is 25.1 Å². The number of carboxylic acids is 1. The Balaban J connectivity index is 1.74. The molecule has 0 bridgehead atoms. The lowest BCUT2D eigenvalue weighted by Gasteiger charge is -2.02. The Morgan fingerprint density at radius 3 is 2.67 bits per heavy atom. The van der Waals surface area contributed by atoms with Crippen molar-refractivity contribution < 1.29 is 14.6 Å². The molecule has 2 N–H and O–H groups in total. The van der Waals surface area contributed by atoms with Crippen molar-refractivity contribution in [3.05, 3.63) is 65.1 Å². The molecule has 1 aromatic carbocycles. The minimum Gasteiger partial charge on any atom is -0.476 e. The van der Waals surface area contributed by atoms with Gasteiger partial charge >= 0.3 is 5.97 Å². The van der Waals surface area contributed by atoms with Crippen molar-refractivity contribution >= 4 is 5.97 Å². The molecule has 24 heavy (non-hydrogen) atoms. The molecule has 0 aliphatic carbocycles. The fourth-order valence-electron chi connectivity index (χ4n) is 1.90. The first-order chi connectivity index (χ1) is 11.6. The molecule has 3 aromatic rings. The van der Waals surface area contributed by atoms with Crippen molar-refractivity contribution in [2.24, 2.45) is 0 Å². The maximum atomic E-state index is 10.9. The molecule has 2 aromatic heterocycles. The molecule has 7 nitrogen and oxygen atoms in total. The predicted molar refractivity (Wildman–Crippen MR) is 84.8 cm³/mol. The van der Waals surface area contributed by atoms with E-state index in [0.717, 1.165) is 11.3 Å². The third kappa shape index (κ3) is 3.56. The summed E-state index contributed by atoms with van der Waals surface area (Å²) in [5, 5.41) is 18.2. The molecule has 0 spiro atoms. The van der Waals surface area contributed by atoms with Gasteiger partial charge in [-0.05, 0) is 49.2 Å². The highest BCUT2D eigenvalue weighted by Gasteiger charge is 2.16. The largest absolute Gasteiger partial charge is 0.476 e. The van der Waals surface area contributed by atoms with Gasteiger partial charge in [0.1, 0.15) is 11.4 Å². The number of aromatic nitrogens is 4. The Hall–Kier alpha value is -3.66. The second-order valence-electron chi connectivity index (χ2n) is 4.84. The van der Waals surface area contributed by atoms with Gasteiger partial charge in [-0.1, -0.05) is 17.2 Å². The van der Waals surface area contributed by atoms with Gasteiger partial charge in [0, 0.05) is 11.3 Å². The number of rotatable bonds is 3. The lowest BCUT2D eigenvalue weighted by molar-refractivity contribution is 0.0687. The Labute approximate surface area is 137 Å². The van der Waals surface area contributed by atoms with Gasteiger partial charge in [0.15, 0.2) is 0 Å². The number of H-pyrrole nitrogens is 1. The molecular weight excluding hydrogens is 308 g/mol. The number of aryl methyl sites for hydroxylation is 1. The van der Waals surface area contributed by atoms with Gasteiger partial charge in [-0.2, -0.15) is 0 Å². The molecule has 0 fully saturated rings. The minimum absolute atomic E-state index is 0.0229. The summed E-state index contributed by atoms with van der Waals surface area (Å²) < 4.78 is 5.42. The quantitative estimate of drug-likeness (QED) is 0.719.